The Bertz CT molecular complexity index is 599. The van der Waals surface area contributed by atoms with Crippen LogP contribution in [0.4, 0.5) is 5.82 Å². The second-order valence-corrected chi connectivity index (χ2v) is 8.85. The van der Waals surface area contributed by atoms with Crippen LogP contribution in [0.15, 0.2) is 23.3 Å². The Morgan fingerprint density at radius 3 is 2.59 bits per heavy atom. The lowest BCUT2D eigenvalue weighted by molar-refractivity contribution is 0.312. The van der Waals surface area contributed by atoms with Crippen molar-refractivity contribution in [1.82, 2.24) is 20.5 Å². The predicted molar refractivity (Wildman–Crippen MR) is 115 cm³/mol. The summed E-state index contributed by atoms with van der Waals surface area (Å²) in [6, 6.07) is 4.56. The Balaban J connectivity index is 1.91. The number of anilines is 1. The number of hydrogen-bond acceptors (Lipinski definition) is 4. The molecule has 1 aromatic heterocycles. The maximum atomic E-state index is 4.66. The second-order valence-electron chi connectivity index (χ2n) is 8.85. The van der Waals surface area contributed by atoms with Gasteiger partial charge in [-0.1, -0.05) is 26.8 Å². The van der Waals surface area contributed by atoms with Gasteiger partial charge in [0.1, 0.15) is 5.82 Å². The average Bonchev–Trinajstić information content (AvgIpc) is 2.64. The van der Waals surface area contributed by atoms with Crippen LogP contribution in [-0.4, -0.2) is 62.2 Å². The van der Waals surface area contributed by atoms with Crippen LogP contribution in [0.5, 0.6) is 0 Å². The monoisotopic (exact) mass is 374 g/mol. The minimum absolute atomic E-state index is 0.361. The molecule has 6 nitrogen and oxygen atoms in total. The zero-order valence-electron chi connectivity index (χ0n) is 18.0. The normalized spacial score (nSPS) is 17.7. The van der Waals surface area contributed by atoms with Crippen LogP contribution in [0.25, 0.3) is 0 Å². The van der Waals surface area contributed by atoms with Crippen LogP contribution in [0.2, 0.25) is 0 Å². The minimum Gasteiger partial charge on any atom is -0.354 e. The summed E-state index contributed by atoms with van der Waals surface area (Å²) in [4.78, 5) is 13.8. The number of likely N-dealkylation sites (N-methyl/N-ethyl adjacent to an activating group) is 1. The quantitative estimate of drug-likeness (QED) is 0.592. The number of pyridine rings is 1. The Morgan fingerprint density at radius 2 is 1.96 bits per heavy atom. The number of nitrogens with zero attached hydrogens (tertiary/aromatic N) is 4. The fourth-order valence-electron chi connectivity index (χ4n) is 3.20. The van der Waals surface area contributed by atoms with E-state index in [1.165, 1.54) is 12.0 Å². The first kappa shape index (κ1) is 21.5. The number of guanidine groups is 1. The number of piperazine rings is 1. The van der Waals surface area contributed by atoms with Gasteiger partial charge in [0.25, 0.3) is 0 Å². The molecule has 0 aromatic carbocycles. The predicted octanol–water partition coefficient (Wildman–Crippen LogP) is 2.71. The molecule has 1 aliphatic heterocycles. The van der Waals surface area contributed by atoms with E-state index in [1.807, 2.05) is 19.3 Å². The van der Waals surface area contributed by atoms with Gasteiger partial charge in [-0.25, -0.2) is 4.98 Å². The molecule has 2 rings (SSSR count). The maximum absolute atomic E-state index is 4.66. The van der Waals surface area contributed by atoms with E-state index in [0.29, 0.717) is 11.5 Å². The Labute approximate surface area is 165 Å². The van der Waals surface area contributed by atoms with Gasteiger partial charge in [0, 0.05) is 57.6 Å². The molecule has 1 saturated heterocycles. The second kappa shape index (κ2) is 9.93. The van der Waals surface area contributed by atoms with Crippen LogP contribution in [-0.2, 0) is 6.54 Å². The first-order valence-corrected chi connectivity index (χ1v) is 10.1. The van der Waals surface area contributed by atoms with Gasteiger partial charge in [-0.15, -0.1) is 0 Å². The molecule has 0 radical (unpaired) electrons. The van der Waals surface area contributed by atoms with Crippen molar-refractivity contribution in [3.8, 4) is 0 Å². The standard InChI is InChI=1S/C21H38N6/c1-17(9-10-21(2,3)4)25-20(22-5)24-16-18-8-7-11-23-19(18)27-14-12-26(6)13-15-27/h7-8,11,17H,9-10,12-16H2,1-6H3,(H2,22,24,25). The highest BCUT2D eigenvalue weighted by atomic mass is 15.3. The van der Waals surface area contributed by atoms with E-state index in [-0.39, 0.29) is 0 Å². The van der Waals surface area contributed by atoms with E-state index < -0.39 is 0 Å². The molecule has 2 N–H and O–H groups in total. The van der Waals surface area contributed by atoms with Gasteiger partial charge in [0.05, 0.1) is 0 Å². The summed E-state index contributed by atoms with van der Waals surface area (Å²) in [5.41, 5.74) is 1.58. The third kappa shape index (κ3) is 7.37. The van der Waals surface area contributed by atoms with E-state index in [9.17, 15) is 0 Å². The van der Waals surface area contributed by atoms with Gasteiger partial charge >= 0.3 is 0 Å². The summed E-state index contributed by atoms with van der Waals surface area (Å²) < 4.78 is 0. The summed E-state index contributed by atoms with van der Waals surface area (Å²) in [6.45, 7) is 14.0. The van der Waals surface area contributed by atoms with Crippen molar-refractivity contribution in [2.75, 3.05) is 45.2 Å². The van der Waals surface area contributed by atoms with Gasteiger partial charge < -0.3 is 20.4 Å². The SMILES string of the molecule is CN=C(NCc1cccnc1N1CCN(C)CC1)NC(C)CCC(C)(C)C. The third-order valence-electron chi connectivity index (χ3n) is 5.05. The molecule has 152 valence electrons. The highest BCUT2D eigenvalue weighted by Crippen LogP contribution is 2.21. The molecule has 27 heavy (non-hydrogen) atoms. The highest BCUT2D eigenvalue weighted by molar-refractivity contribution is 5.80. The van der Waals surface area contributed by atoms with Crippen molar-refractivity contribution in [3.05, 3.63) is 23.9 Å². The van der Waals surface area contributed by atoms with E-state index in [4.69, 9.17) is 0 Å². The summed E-state index contributed by atoms with van der Waals surface area (Å²) in [7, 11) is 4.01. The average molecular weight is 375 g/mol. The Kier molecular flexibility index (Phi) is 7.90. The van der Waals surface area contributed by atoms with E-state index in [0.717, 1.165) is 50.9 Å². The van der Waals surface area contributed by atoms with Crippen LogP contribution >= 0.6 is 0 Å². The summed E-state index contributed by atoms with van der Waals surface area (Å²) in [5, 5.41) is 6.98. The van der Waals surface area contributed by atoms with Crippen LogP contribution in [0.3, 0.4) is 0 Å². The van der Waals surface area contributed by atoms with Gasteiger partial charge in [0.2, 0.25) is 0 Å². The molecular weight excluding hydrogens is 336 g/mol. The number of aliphatic imine (C=N–C) groups is 1. The van der Waals surface area contributed by atoms with Crippen molar-refractivity contribution in [3.63, 3.8) is 0 Å². The highest BCUT2D eigenvalue weighted by Gasteiger charge is 2.18. The van der Waals surface area contributed by atoms with Crippen molar-refractivity contribution in [2.45, 2.75) is 53.1 Å². The van der Waals surface area contributed by atoms with Crippen LogP contribution in [0, 0.1) is 5.41 Å². The Morgan fingerprint density at radius 1 is 1.26 bits per heavy atom. The summed E-state index contributed by atoms with van der Waals surface area (Å²) >= 11 is 0. The lowest BCUT2D eigenvalue weighted by atomic mass is 9.89. The molecule has 2 heterocycles. The van der Waals surface area contributed by atoms with Crippen molar-refractivity contribution < 1.29 is 0 Å². The van der Waals surface area contributed by atoms with Crippen molar-refractivity contribution in [1.29, 1.82) is 0 Å². The maximum Gasteiger partial charge on any atom is 0.191 e. The van der Waals surface area contributed by atoms with E-state index in [1.54, 1.807) is 0 Å². The zero-order valence-corrected chi connectivity index (χ0v) is 18.0. The molecule has 0 amide bonds. The Hall–Kier alpha value is -1.82. The topological polar surface area (TPSA) is 55.8 Å². The third-order valence-corrected chi connectivity index (χ3v) is 5.05. The van der Waals surface area contributed by atoms with E-state index >= 15 is 0 Å². The molecule has 0 bridgehead atoms. The fraction of sp³-hybridized carbons (Fsp3) is 0.714. The number of hydrogen-bond donors (Lipinski definition) is 2. The molecule has 1 fully saturated rings. The fourth-order valence-corrected chi connectivity index (χ4v) is 3.20. The number of rotatable bonds is 6. The molecule has 1 atom stereocenters. The van der Waals surface area contributed by atoms with Crippen LogP contribution < -0.4 is 15.5 Å². The van der Waals surface area contributed by atoms with Gasteiger partial charge in [0.15, 0.2) is 5.96 Å². The molecule has 1 unspecified atom stereocenters. The van der Waals surface area contributed by atoms with Crippen molar-refractivity contribution >= 4 is 11.8 Å². The largest absolute Gasteiger partial charge is 0.354 e. The molecule has 6 heteroatoms. The molecule has 0 aliphatic carbocycles. The van der Waals surface area contributed by atoms with E-state index in [2.05, 4.69) is 71.2 Å². The van der Waals surface area contributed by atoms with Gasteiger partial charge in [-0.05, 0) is 38.3 Å². The lowest BCUT2D eigenvalue weighted by Gasteiger charge is -2.34. The van der Waals surface area contributed by atoms with Gasteiger partial charge in [-0.3, -0.25) is 4.99 Å². The summed E-state index contributed by atoms with van der Waals surface area (Å²) in [5.74, 6) is 1.94. The first-order chi connectivity index (χ1) is 12.8. The molecule has 0 spiro atoms. The molecular formula is C21H38N6. The number of aromatic nitrogens is 1. The molecule has 0 saturated carbocycles. The number of nitrogens with one attached hydrogen (secondary N) is 2. The molecule has 1 aliphatic rings. The minimum atomic E-state index is 0.361. The van der Waals surface area contributed by atoms with Crippen LogP contribution in [0.1, 0.15) is 46.1 Å². The summed E-state index contributed by atoms with van der Waals surface area (Å²) in [6.07, 6.45) is 4.21. The smallest absolute Gasteiger partial charge is 0.191 e. The zero-order chi connectivity index (χ0) is 19.9. The lowest BCUT2D eigenvalue weighted by Crippen LogP contribution is -2.45. The first-order valence-electron chi connectivity index (χ1n) is 10.1. The van der Waals surface area contributed by atoms with Crippen molar-refractivity contribution in [2.24, 2.45) is 10.4 Å². The van der Waals surface area contributed by atoms with Gasteiger partial charge in [-0.2, -0.15) is 0 Å². The molecule has 1 aromatic rings.